The number of rotatable bonds is 1. The molecule has 0 amide bonds. The number of carbonyl (C=O) groups is 1. The van der Waals surface area contributed by atoms with Crippen LogP contribution in [0, 0.1) is 12.7 Å². The van der Waals surface area contributed by atoms with Crippen LogP contribution < -0.4 is 0 Å². The maximum atomic E-state index is 14.0. The van der Waals surface area contributed by atoms with Crippen molar-refractivity contribution >= 4 is 26.7 Å². The largest absolute Gasteiger partial charge is 0.478 e. The maximum Gasteiger partial charge on any atom is 0.336 e. The summed E-state index contributed by atoms with van der Waals surface area (Å²) in [6.07, 6.45) is 0.112. The molecule has 1 aromatic heterocycles. The number of aromatic nitrogens is 1. The molecule has 3 rings (SSSR count). The summed E-state index contributed by atoms with van der Waals surface area (Å²) in [4.78, 5) is 15.7. The van der Waals surface area contributed by atoms with Crippen LogP contribution in [-0.2, 0) is 22.0 Å². The topological polar surface area (TPSA) is 84.3 Å². The quantitative estimate of drug-likeness (QED) is 0.869. The molecule has 1 aliphatic rings. The van der Waals surface area contributed by atoms with E-state index in [9.17, 15) is 22.7 Å². The molecule has 0 unspecified atom stereocenters. The van der Waals surface area contributed by atoms with Crippen molar-refractivity contribution in [1.29, 1.82) is 0 Å². The lowest BCUT2D eigenvalue weighted by Crippen LogP contribution is -2.23. The minimum atomic E-state index is -3.34. The molecule has 2 heterocycles. The van der Waals surface area contributed by atoms with Gasteiger partial charge in [-0.1, -0.05) is 0 Å². The van der Waals surface area contributed by atoms with Gasteiger partial charge in [0.2, 0.25) is 0 Å². The molecule has 0 fully saturated rings. The van der Waals surface area contributed by atoms with E-state index in [1.807, 2.05) is 0 Å². The number of benzene rings is 1. The molecule has 0 aliphatic carbocycles. The Balaban J connectivity index is 2.46. The van der Waals surface area contributed by atoms with Crippen LogP contribution >= 0.6 is 0 Å². The Hall–Kier alpha value is -2.02. The normalized spacial score (nSPS) is 16.7. The molecule has 21 heavy (non-hydrogen) atoms. The number of carboxylic acid groups (broad SMARTS) is 1. The van der Waals surface area contributed by atoms with E-state index in [1.165, 1.54) is 12.1 Å². The average Bonchev–Trinajstić information content (AvgIpc) is 2.35. The van der Waals surface area contributed by atoms with Gasteiger partial charge in [0.1, 0.15) is 11.3 Å². The van der Waals surface area contributed by atoms with Crippen molar-refractivity contribution in [3.8, 4) is 0 Å². The van der Waals surface area contributed by atoms with Crippen molar-refractivity contribution in [2.45, 2.75) is 19.1 Å². The molecule has 2 aromatic rings. The first-order chi connectivity index (χ1) is 9.78. The highest BCUT2D eigenvalue weighted by Gasteiger charge is 2.29. The molecule has 1 aromatic carbocycles. The predicted octanol–water partition coefficient (Wildman–Crippen LogP) is 1.85. The van der Waals surface area contributed by atoms with Crippen molar-refractivity contribution < 1.29 is 22.7 Å². The molecule has 0 atom stereocenters. The van der Waals surface area contributed by atoms with Gasteiger partial charge in [0.25, 0.3) is 0 Å². The van der Waals surface area contributed by atoms with E-state index in [0.717, 1.165) is 0 Å². The molecule has 0 saturated heterocycles. The minimum Gasteiger partial charge on any atom is -0.478 e. The Kier molecular flexibility index (Phi) is 2.98. The first-order valence-corrected chi connectivity index (χ1v) is 8.16. The highest BCUT2D eigenvalue weighted by Crippen LogP contribution is 2.31. The lowest BCUT2D eigenvalue weighted by Gasteiger charge is -2.19. The van der Waals surface area contributed by atoms with Crippen LogP contribution in [0.5, 0.6) is 0 Å². The first kappa shape index (κ1) is 13.9. The number of aryl methyl sites for hydroxylation is 2. The summed E-state index contributed by atoms with van der Waals surface area (Å²) >= 11 is 0. The van der Waals surface area contributed by atoms with Crippen LogP contribution in [0.2, 0.25) is 0 Å². The Morgan fingerprint density at radius 2 is 2.10 bits per heavy atom. The second-order valence-electron chi connectivity index (χ2n) is 5.20. The number of pyridine rings is 1. The fourth-order valence-corrected chi connectivity index (χ4v) is 4.10. The fraction of sp³-hybridized carbons (Fsp3) is 0.286. The molecule has 5 nitrogen and oxygen atoms in total. The number of hydrogen-bond acceptors (Lipinski definition) is 4. The van der Waals surface area contributed by atoms with Gasteiger partial charge in [-0.05, 0) is 24.6 Å². The molecule has 0 spiro atoms. The third-order valence-corrected chi connectivity index (χ3v) is 5.16. The predicted molar refractivity (Wildman–Crippen MR) is 74.6 cm³/mol. The summed E-state index contributed by atoms with van der Waals surface area (Å²) in [6.45, 7) is 1.64. The van der Waals surface area contributed by atoms with Gasteiger partial charge in [0, 0.05) is 23.1 Å². The summed E-state index contributed by atoms with van der Waals surface area (Å²) in [6, 6.07) is 2.81. The highest BCUT2D eigenvalue weighted by atomic mass is 32.2. The van der Waals surface area contributed by atoms with Gasteiger partial charge in [-0.15, -0.1) is 0 Å². The average molecular weight is 309 g/mol. The molecule has 1 N–H and O–H groups in total. The van der Waals surface area contributed by atoms with Crippen LogP contribution in [0.25, 0.3) is 10.9 Å². The van der Waals surface area contributed by atoms with Crippen LogP contribution in [0.3, 0.4) is 0 Å². The fourth-order valence-electron chi connectivity index (χ4n) is 2.70. The third-order valence-electron chi connectivity index (χ3n) is 3.60. The van der Waals surface area contributed by atoms with Crippen LogP contribution in [-0.4, -0.2) is 30.2 Å². The molecule has 7 heteroatoms. The zero-order valence-electron chi connectivity index (χ0n) is 11.2. The van der Waals surface area contributed by atoms with E-state index in [1.54, 1.807) is 6.92 Å². The van der Waals surface area contributed by atoms with Gasteiger partial charge < -0.3 is 5.11 Å². The van der Waals surface area contributed by atoms with Gasteiger partial charge in [0.15, 0.2) is 9.84 Å². The van der Waals surface area contributed by atoms with Crippen LogP contribution in [0.1, 0.15) is 27.2 Å². The SMILES string of the molecule is Cc1cc(F)c2nc3c(c(C(=O)O)c2c1)CS(=O)(=O)CC3. The lowest BCUT2D eigenvalue weighted by molar-refractivity contribution is 0.0698. The molecular weight excluding hydrogens is 297 g/mol. The van der Waals surface area contributed by atoms with Gasteiger partial charge in [0.05, 0.1) is 17.1 Å². The monoisotopic (exact) mass is 309 g/mol. The zero-order chi connectivity index (χ0) is 15.4. The molecule has 0 radical (unpaired) electrons. The van der Waals surface area contributed by atoms with Crippen molar-refractivity contribution in [2.24, 2.45) is 0 Å². The lowest BCUT2D eigenvalue weighted by atomic mass is 9.98. The summed E-state index contributed by atoms with van der Waals surface area (Å²) in [7, 11) is -3.34. The van der Waals surface area contributed by atoms with E-state index in [2.05, 4.69) is 4.98 Å². The molecular formula is C14H12FNO4S. The second kappa shape index (κ2) is 4.49. The molecule has 1 aliphatic heterocycles. The van der Waals surface area contributed by atoms with Crippen LogP contribution in [0.15, 0.2) is 12.1 Å². The van der Waals surface area contributed by atoms with Gasteiger partial charge >= 0.3 is 5.97 Å². The zero-order valence-corrected chi connectivity index (χ0v) is 12.0. The number of carboxylic acids is 1. The number of sulfone groups is 1. The standard InChI is InChI=1S/C14H12FNO4S/c1-7-4-8-12(14(17)18)9-6-21(19,20)3-2-11(9)16-13(8)10(15)5-7/h4-5H,2-3,6H2,1H3,(H,17,18). The Labute approximate surface area is 120 Å². The van der Waals surface area contributed by atoms with Gasteiger partial charge in [-0.25, -0.2) is 22.6 Å². The molecule has 110 valence electrons. The second-order valence-corrected chi connectivity index (χ2v) is 7.39. The van der Waals surface area contributed by atoms with Gasteiger partial charge in [-0.2, -0.15) is 0 Å². The Morgan fingerprint density at radius 1 is 1.38 bits per heavy atom. The molecule has 0 bridgehead atoms. The highest BCUT2D eigenvalue weighted by molar-refractivity contribution is 7.90. The van der Waals surface area contributed by atoms with E-state index < -0.39 is 21.6 Å². The summed E-state index contributed by atoms with van der Waals surface area (Å²) in [5, 5.41) is 9.59. The smallest absolute Gasteiger partial charge is 0.336 e. The van der Waals surface area contributed by atoms with Gasteiger partial charge in [-0.3, -0.25) is 0 Å². The maximum absolute atomic E-state index is 14.0. The number of halogens is 1. The van der Waals surface area contributed by atoms with Crippen molar-refractivity contribution in [3.05, 3.63) is 40.3 Å². The van der Waals surface area contributed by atoms with E-state index in [-0.39, 0.29) is 40.0 Å². The Bertz CT molecular complexity index is 890. The third kappa shape index (κ3) is 2.27. The number of nitrogens with zero attached hydrogens (tertiary/aromatic N) is 1. The number of hydrogen-bond donors (Lipinski definition) is 1. The van der Waals surface area contributed by atoms with Crippen molar-refractivity contribution in [2.75, 3.05) is 5.75 Å². The Morgan fingerprint density at radius 3 is 2.76 bits per heavy atom. The first-order valence-electron chi connectivity index (χ1n) is 6.34. The van der Waals surface area contributed by atoms with E-state index in [0.29, 0.717) is 11.3 Å². The van der Waals surface area contributed by atoms with Crippen LogP contribution in [0.4, 0.5) is 4.39 Å². The summed E-state index contributed by atoms with van der Waals surface area (Å²) < 4.78 is 37.6. The van der Waals surface area contributed by atoms with E-state index in [4.69, 9.17) is 0 Å². The minimum absolute atomic E-state index is 0.0175. The van der Waals surface area contributed by atoms with Crippen molar-refractivity contribution in [3.63, 3.8) is 0 Å². The van der Waals surface area contributed by atoms with Crippen molar-refractivity contribution in [1.82, 2.24) is 4.98 Å². The molecule has 0 saturated carbocycles. The van der Waals surface area contributed by atoms with E-state index >= 15 is 0 Å². The summed E-state index contributed by atoms with van der Waals surface area (Å²) in [5.74, 6) is -2.31. The number of aromatic carboxylic acids is 1. The number of fused-ring (bicyclic) bond motifs is 2. The summed E-state index contributed by atoms with van der Waals surface area (Å²) in [5.41, 5.74) is 0.934.